The third-order valence-electron chi connectivity index (χ3n) is 8.87. The van der Waals surface area contributed by atoms with E-state index in [0.717, 1.165) is 62.4 Å². The number of anilines is 3. The maximum absolute atomic E-state index is 6.66. The first-order chi connectivity index (χ1) is 20.7. The Bertz CT molecular complexity index is 1930. The van der Waals surface area contributed by atoms with Crippen molar-refractivity contribution in [2.45, 2.75) is 18.8 Å². The van der Waals surface area contributed by atoms with E-state index in [-0.39, 0.29) is 18.6 Å². The molecule has 0 amide bonds. The predicted molar refractivity (Wildman–Crippen MR) is 169 cm³/mol. The Kier molecular flexibility index (Phi) is 5.00. The molecule has 5 aromatic rings. The van der Waals surface area contributed by atoms with Crippen LogP contribution in [0.2, 0.25) is 5.82 Å². The van der Waals surface area contributed by atoms with Gasteiger partial charge in [0.1, 0.15) is 23.4 Å². The van der Waals surface area contributed by atoms with E-state index in [0.29, 0.717) is 0 Å². The van der Waals surface area contributed by atoms with Crippen LogP contribution in [0.15, 0.2) is 127 Å². The van der Waals surface area contributed by atoms with Crippen molar-refractivity contribution in [2.75, 3.05) is 4.90 Å². The molecule has 5 heteroatoms. The minimum Gasteiger partial charge on any atom is -0.487 e. The van der Waals surface area contributed by atoms with Crippen molar-refractivity contribution in [2.24, 2.45) is 0 Å². The number of rotatable bonds is 2. The topological polar surface area (TPSA) is 30.9 Å². The van der Waals surface area contributed by atoms with Crippen molar-refractivity contribution < 1.29 is 14.2 Å². The van der Waals surface area contributed by atoms with Crippen LogP contribution in [0.1, 0.15) is 5.56 Å². The molecule has 0 fully saturated rings. The normalized spacial score (nSPS) is 18.4. The van der Waals surface area contributed by atoms with Crippen molar-refractivity contribution in [1.82, 2.24) is 0 Å². The molecule has 3 aliphatic heterocycles. The SMILES string of the molecule is Cc1cc(N2c3ccccc3Oc3ccccc32)ccc1-c1cc2c3c(c1)OC1C=CC=CC1B3c1ccccc1O2. The maximum atomic E-state index is 6.66. The first-order valence-corrected chi connectivity index (χ1v) is 14.5. The van der Waals surface area contributed by atoms with Crippen LogP contribution in [0, 0.1) is 6.92 Å². The first kappa shape index (κ1) is 23.5. The lowest BCUT2D eigenvalue weighted by molar-refractivity contribution is 0.246. The number of hydrogen-bond acceptors (Lipinski definition) is 4. The number of ether oxygens (including phenoxy) is 3. The van der Waals surface area contributed by atoms with E-state index in [9.17, 15) is 0 Å². The molecule has 0 radical (unpaired) electrons. The summed E-state index contributed by atoms with van der Waals surface area (Å²) in [5.41, 5.74) is 8.91. The number of fused-ring (bicyclic) bond motifs is 6. The van der Waals surface area contributed by atoms with Crippen LogP contribution in [0.25, 0.3) is 11.1 Å². The number of nitrogens with zero attached hydrogens (tertiary/aromatic N) is 1. The minimum absolute atomic E-state index is 0.00770. The second kappa shape index (κ2) is 8.92. The van der Waals surface area contributed by atoms with Crippen LogP contribution >= 0.6 is 0 Å². The molecule has 4 nitrogen and oxygen atoms in total. The summed E-state index contributed by atoms with van der Waals surface area (Å²) >= 11 is 0. The summed E-state index contributed by atoms with van der Waals surface area (Å²) in [7, 11) is 0. The third-order valence-corrected chi connectivity index (χ3v) is 8.87. The summed E-state index contributed by atoms with van der Waals surface area (Å²) in [5.74, 6) is 4.65. The molecular formula is C37H26BNO3. The molecule has 2 unspecified atom stereocenters. The lowest BCUT2D eigenvalue weighted by Gasteiger charge is -2.40. The molecule has 0 saturated carbocycles. The van der Waals surface area contributed by atoms with E-state index in [1.165, 1.54) is 11.0 Å². The molecular weight excluding hydrogens is 517 g/mol. The number of aryl methyl sites for hydroxylation is 1. The van der Waals surface area contributed by atoms with E-state index in [4.69, 9.17) is 14.2 Å². The van der Waals surface area contributed by atoms with Gasteiger partial charge in [0.15, 0.2) is 11.5 Å². The highest BCUT2D eigenvalue weighted by Gasteiger charge is 2.46. The molecule has 2 atom stereocenters. The van der Waals surface area contributed by atoms with Crippen LogP contribution in [-0.2, 0) is 0 Å². The van der Waals surface area contributed by atoms with E-state index < -0.39 is 0 Å². The van der Waals surface area contributed by atoms with Gasteiger partial charge >= 0.3 is 0 Å². The van der Waals surface area contributed by atoms with Crippen molar-refractivity contribution in [1.29, 1.82) is 0 Å². The summed E-state index contributed by atoms with van der Waals surface area (Å²) in [6.45, 7) is 2.37. The number of allylic oxidation sites excluding steroid dienone is 2. The Morgan fingerprint density at radius 2 is 1.31 bits per heavy atom. The summed E-state index contributed by atoms with van der Waals surface area (Å²) in [6.07, 6.45) is 8.68. The molecule has 3 heterocycles. The van der Waals surface area contributed by atoms with E-state index in [2.05, 4.69) is 109 Å². The van der Waals surface area contributed by atoms with Gasteiger partial charge in [0.05, 0.1) is 11.4 Å². The van der Waals surface area contributed by atoms with Gasteiger partial charge in [-0.3, -0.25) is 0 Å². The second-order valence-corrected chi connectivity index (χ2v) is 11.3. The lowest BCUT2D eigenvalue weighted by Crippen LogP contribution is -2.56. The summed E-state index contributed by atoms with van der Waals surface area (Å²) in [6, 6.07) is 35.8. The number of benzene rings is 5. The smallest absolute Gasteiger partial charge is 0.234 e. The zero-order chi connectivity index (χ0) is 27.8. The number of para-hydroxylation sites is 5. The molecule has 42 heavy (non-hydrogen) atoms. The molecule has 4 aliphatic rings. The van der Waals surface area contributed by atoms with E-state index in [1.807, 2.05) is 30.3 Å². The quantitative estimate of drug-likeness (QED) is 0.206. The van der Waals surface area contributed by atoms with Gasteiger partial charge in [-0.25, -0.2) is 0 Å². The van der Waals surface area contributed by atoms with Crippen LogP contribution in [0.5, 0.6) is 28.7 Å². The van der Waals surface area contributed by atoms with Crippen LogP contribution < -0.4 is 30.0 Å². The maximum Gasteiger partial charge on any atom is 0.234 e. The van der Waals surface area contributed by atoms with Crippen molar-refractivity contribution >= 4 is 34.7 Å². The molecule has 0 N–H and O–H groups in total. The van der Waals surface area contributed by atoms with Crippen molar-refractivity contribution in [3.63, 3.8) is 0 Å². The molecule has 0 aromatic heterocycles. The Morgan fingerprint density at radius 3 is 2.10 bits per heavy atom. The second-order valence-electron chi connectivity index (χ2n) is 11.3. The van der Waals surface area contributed by atoms with Crippen LogP contribution in [0.3, 0.4) is 0 Å². The van der Waals surface area contributed by atoms with Gasteiger partial charge in [-0.15, -0.1) is 0 Å². The Balaban J connectivity index is 1.16. The Morgan fingerprint density at radius 1 is 0.643 bits per heavy atom. The molecule has 0 bridgehead atoms. The summed E-state index contributed by atoms with van der Waals surface area (Å²) in [4.78, 5) is 2.28. The highest BCUT2D eigenvalue weighted by molar-refractivity contribution is 6.89. The zero-order valence-corrected chi connectivity index (χ0v) is 23.0. The molecule has 5 aromatic carbocycles. The fraction of sp³-hybridized carbons (Fsp3) is 0.0811. The van der Waals surface area contributed by atoms with Gasteiger partial charge in [-0.05, 0) is 89.8 Å². The third kappa shape index (κ3) is 3.43. The summed E-state index contributed by atoms with van der Waals surface area (Å²) in [5, 5.41) is 0. The van der Waals surface area contributed by atoms with Gasteiger partial charge in [-0.2, -0.15) is 0 Å². The standard InChI is InChI=1S/C37H26BNO3/c1-23-20-25(39-29-12-4-8-16-33(29)42-34-17-9-5-13-30(34)39)18-19-26(23)24-21-35-37-36(22-24)41-32-15-7-3-11-28(32)38(37)27-10-2-6-14-31(27)40-35/h2-22,27,31H,1H3. The van der Waals surface area contributed by atoms with Crippen molar-refractivity contribution in [3.8, 4) is 39.9 Å². The van der Waals surface area contributed by atoms with E-state index >= 15 is 0 Å². The fourth-order valence-electron chi connectivity index (χ4n) is 7.01. The molecule has 1 aliphatic carbocycles. The average Bonchev–Trinajstić information content (AvgIpc) is 3.03. The lowest BCUT2D eigenvalue weighted by atomic mass is 9.30. The Labute approximate surface area is 245 Å². The van der Waals surface area contributed by atoms with Crippen LogP contribution in [0.4, 0.5) is 17.1 Å². The van der Waals surface area contributed by atoms with Crippen molar-refractivity contribution in [3.05, 3.63) is 133 Å². The highest BCUT2D eigenvalue weighted by atomic mass is 16.5. The fourth-order valence-corrected chi connectivity index (χ4v) is 7.01. The zero-order valence-electron chi connectivity index (χ0n) is 23.0. The number of hydrogen-bond donors (Lipinski definition) is 0. The molecule has 200 valence electrons. The predicted octanol–water partition coefficient (Wildman–Crippen LogP) is 8.21. The van der Waals surface area contributed by atoms with Gasteiger partial charge in [0.25, 0.3) is 0 Å². The van der Waals surface area contributed by atoms with Gasteiger partial charge in [0, 0.05) is 17.0 Å². The largest absolute Gasteiger partial charge is 0.487 e. The molecule has 0 saturated heterocycles. The Hall–Kier alpha value is -5.16. The summed E-state index contributed by atoms with van der Waals surface area (Å²) < 4.78 is 19.4. The monoisotopic (exact) mass is 543 g/mol. The average molecular weight is 543 g/mol. The molecule has 9 rings (SSSR count). The minimum atomic E-state index is -0.00770. The highest BCUT2D eigenvalue weighted by Crippen LogP contribution is 2.51. The van der Waals surface area contributed by atoms with Crippen LogP contribution in [-0.4, -0.2) is 12.8 Å². The van der Waals surface area contributed by atoms with E-state index in [1.54, 1.807) is 0 Å². The van der Waals surface area contributed by atoms with Gasteiger partial charge < -0.3 is 19.1 Å². The first-order valence-electron chi connectivity index (χ1n) is 14.5. The van der Waals surface area contributed by atoms with Gasteiger partial charge in [0.2, 0.25) is 6.71 Å². The molecule has 0 spiro atoms. The van der Waals surface area contributed by atoms with Gasteiger partial charge in [-0.1, -0.05) is 66.8 Å².